The van der Waals surface area contributed by atoms with Crippen molar-refractivity contribution in [2.45, 2.75) is 105 Å². The molecule has 3 aromatic carbocycles. The molecule has 252 valence electrons. The summed E-state index contributed by atoms with van der Waals surface area (Å²) in [6, 6.07) is 31.2. The van der Waals surface area contributed by atoms with Crippen molar-refractivity contribution in [1.82, 2.24) is 9.97 Å². The van der Waals surface area contributed by atoms with Crippen molar-refractivity contribution in [2.24, 2.45) is 0 Å². The summed E-state index contributed by atoms with van der Waals surface area (Å²) in [5.74, 6) is 0. The van der Waals surface area contributed by atoms with Crippen LogP contribution < -0.4 is 10.4 Å². The Morgan fingerprint density at radius 2 is 1.04 bits per heavy atom. The van der Waals surface area contributed by atoms with Gasteiger partial charge in [0.15, 0.2) is 0 Å². The second-order valence-corrected chi connectivity index (χ2v) is 21.0. The lowest BCUT2D eigenvalue weighted by molar-refractivity contribution is 0.684. The molecule has 0 aliphatic carbocycles. The van der Waals surface area contributed by atoms with Crippen LogP contribution in [0.4, 0.5) is 0 Å². The molecule has 0 saturated heterocycles. The Bertz CT molecular complexity index is 2110. The van der Waals surface area contributed by atoms with Crippen LogP contribution in [0.25, 0.3) is 53.5 Å². The standard InChI is InChI=1S/C44H50N2S2Si/c1-7-9-11-13-25-49(26-14-12-10-8-2)41-27-29(3)15-18-34(41)35-19-17-33(28-42(35)49)38-23-24-40(48-38)37-21-20-36(39-22-16-30(4)47-39)43-44(37)46-32(6)31(5)45-43/h15-24,27-28H,7-14,25-26H2,1-6H3. The van der Waals surface area contributed by atoms with Crippen LogP contribution in [0, 0.1) is 27.7 Å². The highest BCUT2D eigenvalue weighted by atomic mass is 32.1. The van der Waals surface area contributed by atoms with Crippen molar-refractivity contribution in [3.8, 4) is 42.4 Å². The Morgan fingerprint density at radius 3 is 1.63 bits per heavy atom. The third-order valence-corrected chi connectivity index (χ3v) is 18.3. The van der Waals surface area contributed by atoms with Gasteiger partial charge >= 0.3 is 0 Å². The van der Waals surface area contributed by atoms with Crippen molar-refractivity contribution in [3.05, 3.63) is 94.6 Å². The Labute approximate surface area is 302 Å². The van der Waals surface area contributed by atoms with Gasteiger partial charge in [0.2, 0.25) is 0 Å². The molecule has 0 spiro atoms. The van der Waals surface area contributed by atoms with Gasteiger partial charge in [0.05, 0.1) is 22.4 Å². The van der Waals surface area contributed by atoms with E-state index in [4.69, 9.17) is 9.97 Å². The number of hydrogen-bond acceptors (Lipinski definition) is 4. The van der Waals surface area contributed by atoms with Crippen LogP contribution >= 0.6 is 22.7 Å². The van der Waals surface area contributed by atoms with Crippen molar-refractivity contribution >= 4 is 52.2 Å². The van der Waals surface area contributed by atoms with Gasteiger partial charge in [-0.25, -0.2) is 9.97 Å². The number of aryl methyl sites for hydroxylation is 4. The second-order valence-electron chi connectivity index (χ2n) is 14.3. The Balaban J connectivity index is 1.31. The summed E-state index contributed by atoms with van der Waals surface area (Å²) in [4.78, 5) is 15.4. The molecule has 0 atom stereocenters. The van der Waals surface area contributed by atoms with Gasteiger partial charge in [-0.3, -0.25) is 0 Å². The minimum absolute atomic E-state index is 0.998. The van der Waals surface area contributed by atoms with Crippen molar-refractivity contribution in [3.63, 3.8) is 0 Å². The summed E-state index contributed by atoms with van der Waals surface area (Å²) < 4.78 is 0. The van der Waals surface area contributed by atoms with E-state index in [0.717, 1.165) is 22.4 Å². The number of unbranched alkanes of at least 4 members (excludes halogenated alkanes) is 6. The molecule has 0 fully saturated rings. The lowest BCUT2D eigenvalue weighted by Gasteiger charge is -2.31. The second kappa shape index (κ2) is 14.5. The van der Waals surface area contributed by atoms with Gasteiger partial charge in [0.1, 0.15) is 8.07 Å². The largest absolute Gasteiger partial charge is 0.249 e. The predicted molar refractivity (Wildman–Crippen MR) is 219 cm³/mol. The van der Waals surface area contributed by atoms with Crippen LogP contribution in [0.3, 0.4) is 0 Å². The zero-order chi connectivity index (χ0) is 34.1. The topological polar surface area (TPSA) is 25.8 Å². The molecule has 6 aromatic rings. The normalized spacial score (nSPS) is 13.3. The molecule has 3 aromatic heterocycles. The van der Waals surface area contributed by atoms with E-state index in [0.29, 0.717) is 0 Å². The third-order valence-electron chi connectivity index (χ3n) is 10.8. The number of fused-ring (bicyclic) bond motifs is 4. The van der Waals surface area contributed by atoms with E-state index in [9.17, 15) is 0 Å². The average Bonchev–Trinajstić information content (AvgIpc) is 3.82. The molecule has 0 radical (unpaired) electrons. The van der Waals surface area contributed by atoms with Crippen LogP contribution in [-0.2, 0) is 0 Å². The first-order valence-corrected chi connectivity index (χ1v) is 22.6. The van der Waals surface area contributed by atoms with E-state index in [1.54, 1.807) is 10.4 Å². The van der Waals surface area contributed by atoms with Crippen LogP contribution in [0.1, 0.15) is 87.0 Å². The Kier molecular flexibility index (Phi) is 10.1. The molecule has 0 unspecified atom stereocenters. The van der Waals surface area contributed by atoms with Crippen molar-refractivity contribution < 1.29 is 0 Å². The van der Waals surface area contributed by atoms with Crippen LogP contribution in [0.15, 0.2) is 72.8 Å². The van der Waals surface area contributed by atoms with E-state index >= 15 is 0 Å². The summed E-state index contributed by atoms with van der Waals surface area (Å²) in [6.45, 7) is 13.3. The molecule has 7 rings (SSSR count). The van der Waals surface area contributed by atoms with Gasteiger partial charge in [-0.05, 0) is 91.1 Å². The highest BCUT2D eigenvalue weighted by molar-refractivity contribution is 7.19. The molecule has 0 N–H and O–H groups in total. The maximum Gasteiger partial charge on any atom is 0.119 e. The minimum Gasteiger partial charge on any atom is -0.249 e. The maximum atomic E-state index is 5.16. The number of nitrogens with zero attached hydrogens (tertiary/aromatic N) is 2. The number of aromatic nitrogens is 2. The van der Waals surface area contributed by atoms with E-state index < -0.39 is 8.07 Å². The number of thiophene rings is 2. The van der Waals surface area contributed by atoms with Gasteiger partial charge in [-0.15, -0.1) is 22.7 Å². The Hall–Kier alpha value is -3.38. The lowest BCUT2D eigenvalue weighted by Crippen LogP contribution is -2.55. The first-order chi connectivity index (χ1) is 23.8. The van der Waals surface area contributed by atoms with Crippen LogP contribution in [0.2, 0.25) is 12.1 Å². The highest BCUT2D eigenvalue weighted by Gasteiger charge is 2.44. The summed E-state index contributed by atoms with van der Waals surface area (Å²) >= 11 is 3.73. The molecule has 2 nitrogen and oxygen atoms in total. The van der Waals surface area contributed by atoms with Gasteiger partial charge < -0.3 is 0 Å². The zero-order valence-corrected chi connectivity index (χ0v) is 32.8. The van der Waals surface area contributed by atoms with E-state index in [-0.39, 0.29) is 0 Å². The van der Waals surface area contributed by atoms with E-state index in [1.165, 1.54) is 116 Å². The number of benzene rings is 3. The fourth-order valence-corrected chi connectivity index (χ4v) is 15.7. The number of hydrogen-bond donors (Lipinski definition) is 0. The SMILES string of the molecule is CCCCCC[Si]1(CCCCCC)c2cc(C)ccc2-c2ccc(-c3ccc(-c4ccc(-c5ccc(C)s5)c5nc(C)c(C)nc45)s3)cc21. The van der Waals surface area contributed by atoms with E-state index in [2.05, 4.69) is 114 Å². The van der Waals surface area contributed by atoms with E-state index in [1.807, 2.05) is 22.7 Å². The zero-order valence-electron chi connectivity index (χ0n) is 30.2. The molecule has 49 heavy (non-hydrogen) atoms. The van der Waals surface area contributed by atoms with Crippen molar-refractivity contribution in [1.29, 1.82) is 0 Å². The number of rotatable bonds is 13. The van der Waals surface area contributed by atoms with Gasteiger partial charge in [-0.1, -0.05) is 119 Å². The molecule has 0 bridgehead atoms. The smallest absolute Gasteiger partial charge is 0.119 e. The molecule has 1 aliphatic rings. The van der Waals surface area contributed by atoms with Crippen molar-refractivity contribution in [2.75, 3.05) is 0 Å². The van der Waals surface area contributed by atoms with Crippen LogP contribution in [0.5, 0.6) is 0 Å². The molecule has 1 aliphatic heterocycles. The minimum atomic E-state index is -1.92. The molecule has 0 amide bonds. The lowest BCUT2D eigenvalue weighted by atomic mass is 10.0. The summed E-state index contributed by atoms with van der Waals surface area (Å²) in [5, 5.41) is 3.42. The maximum absolute atomic E-state index is 5.16. The summed E-state index contributed by atoms with van der Waals surface area (Å²) in [6.07, 6.45) is 10.7. The third kappa shape index (κ3) is 6.50. The molecular weight excluding hydrogens is 649 g/mol. The fraction of sp³-hybridized carbons (Fsp3) is 0.364. The fourth-order valence-electron chi connectivity index (χ4n) is 8.05. The van der Waals surface area contributed by atoms with Crippen LogP contribution in [-0.4, -0.2) is 18.0 Å². The highest BCUT2D eigenvalue weighted by Crippen LogP contribution is 2.42. The Morgan fingerprint density at radius 1 is 0.510 bits per heavy atom. The average molecular weight is 699 g/mol. The molecule has 4 heterocycles. The monoisotopic (exact) mass is 698 g/mol. The van der Waals surface area contributed by atoms with Gasteiger partial charge in [0, 0.05) is 30.6 Å². The molecule has 0 saturated carbocycles. The first-order valence-electron chi connectivity index (χ1n) is 18.5. The molecule has 5 heteroatoms. The first kappa shape index (κ1) is 34.1. The molecular formula is C44H50N2S2Si. The summed E-state index contributed by atoms with van der Waals surface area (Å²) in [5.41, 5.74) is 12.2. The summed E-state index contributed by atoms with van der Waals surface area (Å²) in [7, 11) is -1.92. The van der Waals surface area contributed by atoms with Gasteiger partial charge in [-0.2, -0.15) is 0 Å². The predicted octanol–water partition coefficient (Wildman–Crippen LogP) is 12.7. The quantitative estimate of drug-likeness (QED) is 0.0886. The van der Waals surface area contributed by atoms with Gasteiger partial charge in [0.25, 0.3) is 0 Å².